The Bertz CT molecular complexity index is 1480. The molecule has 0 unspecified atom stereocenters. The van der Waals surface area contributed by atoms with E-state index in [2.05, 4.69) is 28.5 Å². The van der Waals surface area contributed by atoms with Gasteiger partial charge in [0.25, 0.3) is 0 Å². The number of rotatable bonds is 5. The largest absolute Gasteiger partial charge is 0.444 e. The molecule has 0 atom stereocenters. The van der Waals surface area contributed by atoms with Gasteiger partial charge in [0, 0.05) is 37.5 Å². The third-order valence-electron chi connectivity index (χ3n) is 6.95. The maximum absolute atomic E-state index is 12.4. The zero-order chi connectivity index (χ0) is 26.4. The van der Waals surface area contributed by atoms with Crippen molar-refractivity contribution in [2.45, 2.75) is 46.1 Å². The molecule has 10 heteroatoms. The molecule has 0 saturated carbocycles. The van der Waals surface area contributed by atoms with Crippen molar-refractivity contribution in [2.75, 3.05) is 44.3 Å². The standard InChI is InChI=1S/C28H34N6O3S/c1-5-23-29-20-8-6-7-9-22(20)34(23)26-30-21-15-19(14-18-16-33(17-18)27(35)37-28(2,3)4)38-24(21)25(31-26)32-10-12-36-13-11-32/h6-9,15,18H,5,10-14,16-17H2,1-4H3. The quantitative estimate of drug-likeness (QED) is 0.362. The molecular weight excluding hydrogens is 500 g/mol. The Morgan fingerprint density at radius 1 is 1.11 bits per heavy atom. The number of likely N-dealkylation sites (tertiary alicyclic amines) is 1. The third kappa shape index (κ3) is 4.82. The van der Waals surface area contributed by atoms with Crippen molar-refractivity contribution in [1.82, 2.24) is 24.4 Å². The molecule has 2 saturated heterocycles. The van der Waals surface area contributed by atoms with E-state index < -0.39 is 5.60 Å². The Kier molecular flexibility index (Phi) is 6.47. The molecule has 2 fully saturated rings. The summed E-state index contributed by atoms with van der Waals surface area (Å²) in [5, 5.41) is 0. The van der Waals surface area contributed by atoms with Gasteiger partial charge in [-0.15, -0.1) is 11.3 Å². The second kappa shape index (κ2) is 9.81. The molecule has 38 heavy (non-hydrogen) atoms. The Labute approximate surface area is 226 Å². The van der Waals surface area contributed by atoms with Crippen LogP contribution in [0, 0.1) is 5.92 Å². The molecule has 0 spiro atoms. The topological polar surface area (TPSA) is 85.6 Å². The van der Waals surface area contributed by atoms with Gasteiger partial charge >= 0.3 is 6.09 Å². The monoisotopic (exact) mass is 534 g/mol. The van der Waals surface area contributed by atoms with Crippen LogP contribution in [0.15, 0.2) is 30.3 Å². The van der Waals surface area contributed by atoms with Crippen molar-refractivity contribution in [3.8, 4) is 5.95 Å². The lowest BCUT2D eigenvalue weighted by atomic mass is 9.96. The Hall–Kier alpha value is -3.24. The minimum atomic E-state index is -0.474. The van der Waals surface area contributed by atoms with Crippen molar-refractivity contribution in [1.29, 1.82) is 0 Å². The minimum Gasteiger partial charge on any atom is -0.444 e. The maximum Gasteiger partial charge on any atom is 0.410 e. The van der Waals surface area contributed by atoms with Crippen LogP contribution in [0.5, 0.6) is 0 Å². The fourth-order valence-corrected chi connectivity index (χ4v) is 6.36. The van der Waals surface area contributed by atoms with Crippen LogP contribution in [0.3, 0.4) is 0 Å². The number of anilines is 1. The van der Waals surface area contributed by atoms with Crippen LogP contribution in [-0.4, -0.2) is 75.5 Å². The number of amides is 1. The first-order chi connectivity index (χ1) is 18.3. The number of thiophene rings is 1. The summed E-state index contributed by atoms with van der Waals surface area (Å²) in [6, 6.07) is 10.4. The lowest BCUT2D eigenvalue weighted by Crippen LogP contribution is -2.52. The van der Waals surface area contributed by atoms with E-state index in [-0.39, 0.29) is 6.09 Å². The van der Waals surface area contributed by atoms with Gasteiger partial charge < -0.3 is 19.3 Å². The highest BCUT2D eigenvalue weighted by atomic mass is 32.1. The van der Waals surface area contributed by atoms with Crippen molar-refractivity contribution in [3.05, 3.63) is 41.0 Å². The number of aromatic nitrogens is 4. The van der Waals surface area contributed by atoms with Gasteiger partial charge in [-0.1, -0.05) is 19.1 Å². The normalized spacial score (nSPS) is 16.8. The molecule has 9 nitrogen and oxygen atoms in total. The molecule has 200 valence electrons. The fourth-order valence-electron chi connectivity index (χ4n) is 5.14. The summed E-state index contributed by atoms with van der Waals surface area (Å²) in [6.07, 6.45) is 1.47. The summed E-state index contributed by atoms with van der Waals surface area (Å²) in [5.74, 6) is 2.99. The Morgan fingerprint density at radius 3 is 2.61 bits per heavy atom. The van der Waals surface area contributed by atoms with E-state index >= 15 is 0 Å². The van der Waals surface area contributed by atoms with E-state index in [1.165, 1.54) is 4.88 Å². The number of hydrogen-bond donors (Lipinski definition) is 0. The minimum absolute atomic E-state index is 0.227. The highest BCUT2D eigenvalue weighted by molar-refractivity contribution is 7.19. The zero-order valence-corrected chi connectivity index (χ0v) is 23.3. The summed E-state index contributed by atoms with van der Waals surface area (Å²) in [5.41, 5.74) is 2.45. The summed E-state index contributed by atoms with van der Waals surface area (Å²) in [7, 11) is 0. The van der Waals surface area contributed by atoms with E-state index in [9.17, 15) is 4.79 Å². The summed E-state index contributed by atoms with van der Waals surface area (Å²) >= 11 is 1.77. The third-order valence-corrected chi connectivity index (χ3v) is 8.09. The molecule has 0 radical (unpaired) electrons. The van der Waals surface area contributed by atoms with Gasteiger partial charge in [-0.05, 0) is 51.3 Å². The highest BCUT2D eigenvalue weighted by Gasteiger charge is 2.34. The van der Waals surface area contributed by atoms with Crippen LogP contribution in [-0.2, 0) is 22.3 Å². The first-order valence-electron chi connectivity index (χ1n) is 13.4. The molecule has 1 aromatic carbocycles. The fraction of sp³-hybridized carbons (Fsp3) is 0.500. The predicted octanol–water partition coefficient (Wildman–Crippen LogP) is 4.84. The number of nitrogens with zero attached hydrogens (tertiary/aromatic N) is 6. The number of imidazole rings is 1. The van der Waals surface area contributed by atoms with Gasteiger partial charge in [0.05, 0.1) is 34.5 Å². The molecular formula is C28H34N6O3S. The van der Waals surface area contributed by atoms with Crippen molar-refractivity contribution in [2.24, 2.45) is 5.92 Å². The number of hydrogen-bond acceptors (Lipinski definition) is 8. The molecule has 2 aliphatic heterocycles. The van der Waals surface area contributed by atoms with Crippen LogP contribution in [0.2, 0.25) is 0 Å². The molecule has 6 rings (SSSR count). The van der Waals surface area contributed by atoms with Gasteiger partial charge in [0.2, 0.25) is 5.95 Å². The molecule has 2 aliphatic rings. The van der Waals surface area contributed by atoms with Gasteiger partial charge in [-0.2, -0.15) is 4.98 Å². The highest BCUT2D eigenvalue weighted by Crippen LogP contribution is 2.36. The number of fused-ring (bicyclic) bond motifs is 2. The molecule has 1 amide bonds. The van der Waals surface area contributed by atoms with E-state index in [1.54, 1.807) is 16.2 Å². The van der Waals surface area contributed by atoms with E-state index in [0.717, 1.165) is 71.9 Å². The second-order valence-electron chi connectivity index (χ2n) is 11.0. The van der Waals surface area contributed by atoms with Gasteiger partial charge in [0.1, 0.15) is 11.4 Å². The first kappa shape index (κ1) is 25.1. The summed E-state index contributed by atoms with van der Waals surface area (Å²) < 4.78 is 14.4. The van der Waals surface area contributed by atoms with Crippen LogP contribution in [0.25, 0.3) is 27.2 Å². The molecule has 5 heterocycles. The van der Waals surface area contributed by atoms with Gasteiger partial charge in [-0.3, -0.25) is 4.57 Å². The summed E-state index contributed by atoms with van der Waals surface area (Å²) in [4.78, 5) is 32.8. The Balaban J connectivity index is 1.33. The number of morpholine rings is 1. The van der Waals surface area contributed by atoms with Crippen molar-refractivity contribution in [3.63, 3.8) is 0 Å². The maximum atomic E-state index is 12.4. The van der Waals surface area contributed by atoms with E-state index in [0.29, 0.717) is 25.1 Å². The first-order valence-corrected chi connectivity index (χ1v) is 14.2. The lowest BCUT2D eigenvalue weighted by molar-refractivity contribution is -0.000775. The molecule has 3 aromatic heterocycles. The van der Waals surface area contributed by atoms with Crippen LogP contribution >= 0.6 is 11.3 Å². The zero-order valence-electron chi connectivity index (χ0n) is 22.4. The van der Waals surface area contributed by atoms with E-state index in [4.69, 9.17) is 24.4 Å². The van der Waals surface area contributed by atoms with Crippen LogP contribution in [0.1, 0.15) is 38.4 Å². The van der Waals surface area contributed by atoms with Crippen molar-refractivity contribution < 1.29 is 14.3 Å². The molecule has 0 aliphatic carbocycles. The Morgan fingerprint density at radius 2 is 1.87 bits per heavy atom. The molecule has 0 bridgehead atoms. The number of carbonyl (C=O) groups excluding carboxylic acids is 1. The number of carbonyl (C=O) groups is 1. The summed E-state index contributed by atoms with van der Waals surface area (Å²) in [6.45, 7) is 12.2. The smallest absolute Gasteiger partial charge is 0.410 e. The van der Waals surface area contributed by atoms with Crippen LogP contribution < -0.4 is 4.90 Å². The van der Waals surface area contributed by atoms with Gasteiger partial charge in [-0.25, -0.2) is 14.8 Å². The molecule has 4 aromatic rings. The van der Waals surface area contributed by atoms with E-state index in [1.807, 2.05) is 39.0 Å². The lowest BCUT2D eigenvalue weighted by Gasteiger charge is -2.39. The number of para-hydroxylation sites is 2. The number of ether oxygens (including phenoxy) is 2. The average Bonchev–Trinajstić information content (AvgIpc) is 3.45. The average molecular weight is 535 g/mol. The van der Waals surface area contributed by atoms with Gasteiger partial charge in [0.15, 0.2) is 5.82 Å². The number of aryl methyl sites for hydroxylation is 1. The SMILES string of the molecule is CCc1nc2ccccc2n1-c1nc(N2CCOCC2)c2sc(CC3CN(C(=O)OC(C)(C)C)C3)cc2n1. The predicted molar refractivity (Wildman–Crippen MR) is 149 cm³/mol. The van der Waals surface area contributed by atoms with Crippen molar-refractivity contribution >= 4 is 44.5 Å². The number of benzene rings is 1. The molecule has 0 N–H and O–H groups in total. The second-order valence-corrected chi connectivity index (χ2v) is 12.2. The van der Waals surface area contributed by atoms with Crippen LogP contribution in [0.4, 0.5) is 10.6 Å².